The molecule has 5 heteroatoms. The second kappa shape index (κ2) is 6.12. The lowest BCUT2D eigenvalue weighted by atomic mass is 9.81. The molecule has 0 aromatic rings. The minimum atomic E-state index is -0.747. The highest BCUT2D eigenvalue weighted by Crippen LogP contribution is 2.34. The SMILES string of the molecule is COC1(C(=O)N2CCC(C(=O)O)C(C)C2)CCCCC1. The number of carbonyl (C=O) groups excluding carboxylic acids is 1. The van der Waals surface area contributed by atoms with E-state index >= 15 is 0 Å². The molecule has 1 N–H and O–H groups in total. The first-order valence-electron chi connectivity index (χ1n) is 7.57. The van der Waals surface area contributed by atoms with Crippen molar-refractivity contribution in [1.29, 1.82) is 0 Å². The normalized spacial score (nSPS) is 30.0. The maximum absolute atomic E-state index is 12.8. The molecule has 2 rings (SSSR count). The zero-order valence-corrected chi connectivity index (χ0v) is 12.4. The van der Waals surface area contributed by atoms with Gasteiger partial charge in [-0.15, -0.1) is 0 Å². The molecule has 2 atom stereocenters. The lowest BCUT2D eigenvalue weighted by molar-refractivity contribution is -0.164. The number of carboxylic acids is 1. The van der Waals surface area contributed by atoms with Crippen LogP contribution in [0.15, 0.2) is 0 Å². The van der Waals surface area contributed by atoms with Gasteiger partial charge in [0.1, 0.15) is 5.60 Å². The predicted molar refractivity (Wildman–Crippen MR) is 74.3 cm³/mol. The minimum Gasteiger partial charge on any atom is -0.481 e. The van der Waals surface area contributed by atoms with Crippen molar-refractivity contribution in [2.75, 3.05) is 20.2 Å². The van der Waals surface area contributed by atoms with Crippen LogP contribution in [0.3, 0.4) is 0 Å². The molecule has 0 bridgehead atoms. The van der Waals surface area contributed by atoms with Gasteiger partial charge in [0.2, 0.25) is 0 Å². The number of hydrogen-bond acceptors (Lipinski definition) is 3. The summed E-state index contributed by atoms with van der Waals surface area (Å²) in [5.41, 5.74) is -0.659. The van der Waals surface area contributed by atoms with E-state index in [1.54, 1.807) is 7.11 Å². The number of nitrogens with zero attached hydrogens (tertiary/aromatic N) is 1. The summed E-state index contributed by atoms with van der Waals surface area (Å²) in [5, 5.41) is 9.15. The molecule has 1 saturated heterocycles. The van der Waals surface area contributed by atoms with Crippen LogP contribution in [0.25, 0.3) is 0 Å². The van der Waals surface area contributed by atoms with E-state index in [9.17, 15) is 9.59 Å². The third kappa shape index (κ3) is 2.82. The smallest absolute Gasteiger partial charge is 0.306 e. The Hall–Kier alpha value is -1.10. The number of amides is 1. The van der Waals surface area contributed by atoms with Crippen molar-refractivity contribution < 1.29 is 19.4 Å². The summed E-state index contributed by atoms with van der Waals surface area (Å²) in [4.78, 5) is 25.7. The van der Waals surface area contributed by atoms with E-state index in [1.807, 2.05) is 11.8 Å². The summed E-state index contributed by atoms with van der Waals surface area (Å²) >= 11 is 0. The molecule has 5 nitrogen and oxygen atoms in total. The van der Waals surface area contributed by atoms with Crippen LogP contribution in [0.5, 0.6) is 0 Å². The third-order valence-electron chi connectivity index (χ3n) is 4.95. The van der Waals surface area contributed by atoms with Gasteiger partial charge in [-0.25, -0.2) is 0 Å². The Kier molecular flexibility index (Phi) is 4.68. The Labute approximate surface area is 120 Å². The molecular weight excluding hydrogens is 258 g/mol. The van der Waals surface area contributed by atoms with E-state index in [-0.39, 0.29) is 17.7 Å². The first kappa shape index (κ1) is 15.3. The highest BCUT2D eigenvalue weighted by Gasteiger charge is 2.44. The lowest BCUT2D eigenvalue weighted by Crippen LogP contribution is -2.55. The molecule has 2 aliphatic rings. The molecule has 1 saturated carbocycles. The maximum atomic E-state index is 12.8. The number of carbonyl (C=O) groups is 2. The van der Waals surface area contributed by atoms with Gasteiger partial charge in [0.05, 0.1) is 5.92 Å². The predicted octanol–water partition coefficient (Wildman–Crippen LogP) is 1.90. The molecule has 0 spiro atoms. The molecule has 2 unspecified atom stereocenters. The molecule has 1 aliphatic heterocycles. The van der Waals surface area contributed by atoms with Gasteiger partial charge in [0.15, 0.2) is 0 Å². The number of piperidine rings is 1. The molecule has 20 heavy (non-hydrogen) atoms. The van der Waals surface area contributed by atoms with Crippen molar-refractivity contribution in [3.63, 3.8) is 0 Å². The molecule has 0 radical (unpaired) electrons. The average Bonchev–Trinajstić information content (AvgIpc) is 2.46. The summed E-state index contributed by atoms with van der Waals surface area (Å²) in [5.74, 6) is -1.01. The Bertz CT molecular complexity index is 376. The van der Waals surface area contributed by atoms with Crippen LogP contribution in [0.2, 0.25) is 0 Å². The van der Waals surface area contributed by atoms with Gasteiger partial charge >= 0.3 is 5.97 Å². The van der Waals surface area contributed by atoms with Gasteiger partial charge in [0, 0.05) is 20.2 Å². The van der Waals surface area contributed by atoms with Crippen LogP contribution in [0.1, 0.15) is 45.4 Å². The monoisotopic (exact) mass is 283 g/mol. The van der Waals surface area contributed by atoms with Crippen molar-refractivity contribution in [1.82, 2.24) is 4.90 Å². The average molecular weight is 283 g/mol. The topological polar surface area (TPSA) is 66.8 Å². The largest absolute Gasteiger partial charge is 0.481 e. The number of hydrogen-bond donors (Lipinski definition) is 1. The summed E-state index contributed by atoms with van der Waals surface area (Å²) in [7, 11) is 1.62. The summed E-state index contributed by atoms with van der Waals surface area (Å²) < 4.78 is 5.60. The van der Waals surface area contributed by atoms with E-state index in [0.29, 0.717) is 19.5 Å². The van der Waals surface area contributed by atoms with Crippen molar-refractivity contribution in [2.45, 2.75) is 51.0 Å². The minimum absolute atomic E-state index is 0.00250. The molecule has 1 heterocycles. The Morgan fingerprint density at radius 1 is 1.25 bits per heavy atom. The molecule has 2 fully saturated rings. The van der Waals surface area contributed by atoms with Gasteiger partial charge in [0.25, 0.3) is 5.91 Å². The number of methoxy groups -OCH3 is 1. The van der Waals surface area contributed by atoms with Crippen LogP contribution in [0, 0.1) is 11.8 Å². The number of likely N-dealkylation sites (tertiary alicyclic amines) is 1. The molecule has 0 aromatic heterocycles. The zero-order chi connectivity index (χ0) is 14.8. The Balaban J connectivity index is 2.04. The highest BCUT2D eigenvalue weighted by atomic mass is 16.5. The number of ether oxygens (including phenoxy) is 1. The number of aliphatic carboxylic acids is 1. The van der Waals surface area contributed by atoms with Crippen molar-refractivity contribution in [2.24, 2.45) is 11.8 Å². The lowest BCUT2D eigenvalue weighted by Gasteiger charge is -2.42. The van der Waals surface area contributed by atoms with Gasteiger partial charge in [-0.05, 0) is 25.2 Å². The van der Waals surface area contributed by atoms with Gasteiger partial charge in [-0.3, -0.25) is 9.59 Å². The molecule has 114 valence electrons. The zero-order valence-electron chi connectivity index (χ0n) is 12.4. The summed E-state index contributed by atoms with van der Waals surface area (Å²) in [6.45, 7) is 2.98. The van der Waals surface area contributed by atoms with Gasteiger partial charge < -0.3 is 14.7 Å². The van der Waals surface area contributed by atoms with Crippen molar-refractivity contribution in [3.8, 4) is 0 Å². The van der Waals surface area contributed by atoms with E-state index in [1.165, 1.54) is 0 Å². The van der Waals surface area contributed by atoms with Gasteiger partial charge in [-0.1, -0.05) is 26.2 Å². The fourth-order valence-corrected chi connectivity index (χ4v) is 3.61. The Morgan fingerprint density at radius 2 is 1.90 bits per heavy atom. The van der Waals surface area contributed by atoms with Gasteiger partial charge in [-0.2, -0.15) is 0 Å². The number of carboxylic acid groups (broad SMARTS) is 1. The maximum Gasteiger partial charge on any atom is 0.306 e. The van der Waals surface area contributed by atoms with Crippen LogP contribution in [-0.4, -0.2) is 47.7 Å². The molecule has 1 amide bonds. The summed E-state index contributed by atoms with van der Waals surface area (Å²) in [6, 6.07) is 0. The van der Waals surface area contributed by atoms with Crippen LogP contribution < -0.4 is 0 Å². The third-order valence-corrected chi connectivity index (χ3v) is 4.95. The fraction of sp³-hybridized carbons (Fsp3) is 0.867. The molecule has 1 aliphatic carbocycles. The van der Waals surface area contributed by atoms with Crippen molar-refractivity contribution >= 4 is 11.9 Å². The molecule has 0 aromatic carbocycles. The molecular formula is C15H25NO4. The number of rotatable bonds is 3. The van der Waals surface area contributed by atoms with E-state index in [4.69, 9.17) is 9.84 Å². The first-order valence-corrected chi connectivity index (χ1v) is 7.57. The second-order valence-corrected chi connectivity index (χ2v) is 6.22. The standard InChI is InChI=1S/C15H25NO4/c1-11-10-16(9-6-12(11)13(17)18)14(19)15(20-2)7-4-3-5-8-15/h11-12H,3-10H2,1-2H3,(H,17,18). The van der Waals surface area contributed by atoms with E-state index < -0.39 is 11.6 Å². The Morgan fingerprint density at radius 3 is 2.40 bits per heavy atom. The fourth-order valence-electron chi connectivity index (χ4n) is 3.61. The second-order valence-electron chi connectivity index (χ2n) is 6.22. The van der Waals surface area contributed by atoms with Crippen LogP contribution in [-0.2, 0) is 14.3 Å². The quantitative estimate of drug-likeness (QED) is 0.859. The van der Waals surface area contributed by atoms with E-state index in [2.05, 4.69) is 0 Å². The van der Waals surface area contributed by atoms with Crippen LogP contribution >= 0.6 is 0 Å². The first-order chi connectivity index (χ1) is 9.50. The highest BCUT2D eigenvalue weighted by molar-refractivity contribution is 5.85. The van der Waals surface area contributed by atoms with Crippen LogP contribution in [0.4, 0.5) is 0 Å². The summed E-state index contributed by atoms with van der Waals surface area (Å²) in [6.07, 6.45) is 5.34. The van der Waals surface area contributed by atoms with Crippen molar-refractivity contribution in [3.05, 3.63) is 0 Å². The van der Waals surface area contributed by atoms with E-state index in [0.717, 1.165) is 32.1 Å².